The van der Waals surface area contributed by atoms with E-state index in [4.69, 9.17) is 0 Å². The number of hydrogen-bond acceptors (Lipinski definition) is 1. The first-order valence-electron chi connectivity index (χ1n) is 16.6. The second-order valence-electron chi connectivity index (χ2n) is 11.9. The Morgan fingerprint density at radius 1 is 0.388 bits per heavy atom. The average molecular weight is 628 g/mol. The molecule has 7 aromatic rings. The molecule has 0 aliphatic heterocycles. The summed E-state index contributed by atoms with van der Waals surface area (Å²) in [4.78, 5) is 2.36. The monoisotopic (exact) mass is 627 g/mol. The molecule has 0 aliphatic rings. The zero-order valence-corrected chi connectivity index (χ0v) is 27.4. The third kappa shape index (κ3) is 6.70. The van der Waals surface area contributed by atoms with Crippen LogP contribution in [0.4, 0.5) is 17.1 Å². The van der Waals surface area contributed by atoms with E-state index in [1.54, 1.807) is 0 Å². The van der Waals surface area contributed by atoms with Gasteiger partial charge in [0.2, 0.25) is 0 Å². The van der Waals surface area contributed by atoms with Crippen LogP contribution in [-0.2, 0) is 0 Å². The first kappa shape index (κ1) is 31.2. The smallest absolute Gasteiger partial charge is 0.0468 e. The summed E-state index contributed by atoms with van der Waals surface area (Å²) in [5.74, 6) is 0. The zero-order valence-electron chi connectivity index (χ0n) is 27.4. The molecule has 0 aliphatic carbocycles. The van der Waals surface area contributed by atoms with E-state index in [2.05, 4.69) is 200 Å². The number of hydrogen-bond donors (Lipinski definition) is 0. The molecule has 0 spiro atoms. The molecular weight excluding hydrogens is 591 g/mol. The summed E-state index contributed by atoms with van der Waals surface area (Å²) in [6, 6.07) is 64.8. The van der Waals surface area contributed by atoms with Crippen molar-refractivity contribution >= 4 is 22.6 Å². The molecule has 0 amide bonds. The van der Waals surface area contributed by atoms with Crippen molar-refractivity contribution in [1.82, 2.24) is 0 Å². The fraction of sp³-hybridized carbons (Fsp3) is 0. The molecule has 0 N–H and O–H groups in total. The third-order valence-corrected chi connectivity index (χ3v) is 8.84. The Labute approximate surface area is 290 Å². The maximum Gasteiger partial charge on any atom is 0.0468 e. The van der Waals surface area contributed by atoms with Crippen molar-refractivity contribution in [2.24, 2.45) is 0 Å². The molecule has 234 valence electrons. The SMILES string of the molecule is C=C/C=C(\C=C)c1ccc(N(c2ccc(-c3ccccc3)cc2)c2ccc(-c3ccccc3)c(-c3ccccc3)c2)cc1-c1ccccc1. The predicted octanol–water partition coefficient (Wildman–Crippen LogP) is 13.6. The molecule has 7 rings (SSSR count). The second-order valence-corrected chi connectivity index (χ2v) is 11.9. The Kier molecular flexibility index (Phi) is 9.25. The molecule has 0 unspecified atom stereocenters. The van der Waals surface area contributed by atoms with Gasteiger partial charge in [0.05, 0.1) is 0 Å². The Morgan fingerprint density at radius 2 is 0.816 bits per heavy atom. The van der Waals surface area contributed by atoms with Gasteiger partial charge in [0.1, 0.15) is 0 Å². The molecule has 0 heterocycles. The molecule has 0 fully saturated rings. The van der Waals surface area contributed by atoms with Crippen molar-refractivity contribution in [3.05, 3.63) is 219 Å². The lowest BCUT2D eigenvalue weighted by atomic mass is 9.92. The Morgan fingerprint density at radius 3 is 1.35 bits per heavy atom. The molecule has 1 heteroatoms. The summed E-state index contributed by atoms with van der Waals surface area (Å²) in [6.45, 7) is 8.08. The quantitative estimate of drug-likeness (QED) is 0.136. The van der Waals surface area contributed by atoms with Crippen LogP contribution in [0.5, 0.6) is 0 Å². The van der Waals surface area contributed by atoms with Gasteiger partial charge in [0, 0.05) is 17.1 Å². The Bertz CT molecular complexity index is 2210. The van der Waals surface area contributed by atoms with Gasteiger partial charge in [-0.1, -0.05) is 177 Å². The van der Waals surface area contributed by atoms with Crippen LogP contribution in [0.15, 0.2) is 213 Å². The maximum absolute atomic E-state index is 4.12. The van der Waals surface area contributed by atoms with E-state index in [1.807, 2.05) is 18.2 Å². The molecule has 0 atom stereocenters. The standard InChI is InChI=1S/C48H37N/c1-3-17-36(4-2)45-32-30-43(34-47(45)40-22-13-7-14-23-40)49(42-28-26-38(27-29-42)37-18-9-5-10-19-37)44-31-33-46(39-20-11-6-12-21-39)48(35-44)41-24-15-8-16-25-41/h3-35H,1-2H2/b36-17+. The predicted molar refractivity (Wildman–Crippen MR) is 211 cm³/mol. The van der Waals surface area contributed by atoms with E-state index < -0.39 is 0 Å². The van der Waals surface area contributed by atoms with Crippen LogP contribution in [0, 0.1) is 0 Å². The highest BCUT2D eigenvalue weighted by atomic mass is 15.1. The molecule has 0 saturated heterocycles. The van der Waals surface area contributed by atoms with Gasteiger partial charge < -0.3 is 4.90 Å². The minimum Gasteiger partial charge on any atom is -0.310 e. The van der Waals surface area contributed by atoms with Gasteiger partial charge in [-0.2, -0.15) is 0 Å². The van der Waals surface area contributed by atoms with Crippen LogP contribution >= 0.6 is 0 Å². The minimum atomic E-state index is 1.03. The first-order valence-corrected chi connectivity index (χ1v) is 16.6. The van der Waals surface area contributed by atoms with Crippen LogP contribution in [-0.4, -0.2) is 0 Å². The molecule has 1 nitrogen and oxygen atoms in total. The highest BCUT2D eigenvalue weighted by Crippen LogP contribution is 2.43. The summed E-state index contributed by atoms with van der Waals surface area (Å²) in [5, 5.41) is 0. The van der Waals surface area contributed by atoms with Gasteiger partial charge in [0.15, 0.2) is 0 Å². The number of benzene rings is 7. The molecule has 0 radical (unpaired) electrons. The summed E-state index contributed by atoms with van der Waals surface area (Å²) in [6.07, 6.45) is 5.74. The highest BCUT2D eigenvalue weighted by Gasteiger charge is 2.19. The van der Waals surface area contributed by atoms with Gasteiger partial charge in [0.25, 0.3) is 0 Å². The van der Waals surface area contributed by atoms with E-state index in [0.29, 0.717) is 0 Å². The first-order chi connectivity index (χ1) is 24.2. The normalized spacial score (nSPS) is 11.1. The van der Waals surface area contributed by atoms with Crippen molar-refractivity contribution in [2.75, 3.05) is 4.90 Å². The van der Waals surface area contributed by atoms with Crippen molar-refractivity contribution in [2.45, 2.75) is 0 Å². The zero-order chi connectivity index (χ0) is 33.4. The third-order valence-electron chi connectivity index (χ3n) is 8.84. The number of rotatable bonds is 10. The lowest BCUT2D eigenvalue weighted by Crippen LogP contribution is -2.11. The van der Waals surface area contributed by atoms with Gasteiger partial charge in [-0.25, -0.2) is 0 Å². The average Bonchev–Trinajstić information content (AvgIpc) is 3.19. The van der Waals surface area contributed by atoms with Crippen molar-refractivity contribution < 1.29 is 0 Å². The molecule has 0 saturated carbocycles. The van der Waals surface area contributed by atoms with E-state index in [9.17, 15) is 0 Å². The summed E-state index contributed by atoms with van der Waals surface area (Å²) >= 11 is 0. The van der Waals surface area contributed by atoms with Gasteiger partial charge in [-0.05, 0) is 92.0 Å². The van der Waals surface area contributed by atoms with Crippen LogP contribution in [0.3, 0.4) is 0 Å². The minimum absolute atomic E-state index is 1.03. The summed E-state index contributed by atoms with van der Waals surface area (Å²) in [5.41, 5.74) is 14.7. The number of anilines is 3. The van der Waals surface area contributed by atoms with Crippen LogP contribution < -0.4 is 4.90 Å². The van der Waals surface area contributed by atoms with Crippen molar-refractivity contribution in [3.8, 4) is 44.5 Å². The van der Waals surface area contributed by atoms with Gasteiger partial charge in [-0.3, -0.25) is 0 Å². The van der Waals surface area contributed by atoms with Crippen LogP contribution in [0.2, 0.25) is 0 Å². The van der Waals surface area contributed by atoms with Crippen molar-refractivity contribution in [3.63, 3.8) is 0 Å². The number of allylic oxidation sites excluding steroid dienone is 4. The van der Waals surface area contributed by atoms with E-state index in [-0.39, 0.29) is 0 Å². The van der Waals surface area contributed by atoms with Gasteiger partial charge >= 0.3 is 0 Å². The second kappa shape index (κ2) is 14.5. The van der Waals surface area contributed by atoms with Crippen molar-refractivity contribution in [1.29, 1.82) is 0 Å². The summed E-state index contributed by atoms with van der Waals surface area (Å²) in [7, 11) is 0. The Balaban J connectivity index is 1.45. The lowest BCUT2D eigenvalue weighted by Gasteiger charge is -2.28. The molecular formula is C48H37N. The molecule has 7 aromatic carbocycles. The van der Waals surface area contributed by atoms with E-state index in [1.165, 1.54) is 33.4 Å². The fourth-order valence-electron chi connectivity index (χ4n) is 6.45. The molecule has 0 bridgehead atoms. The van der Waals surface area contributed by atoms with Crippen LogP contribution in [0.25, 0.3) is 50.1 Å². The van der Waals surface area contributed by atoms with E-state index in [0.717, 1.165) is 39.3 Å². The number of nitrogens with zero attached hydrogens (tertiary/aromatic N) is 1. The molecule has 0 aromatic heterocycles. The lowest BCUT2D eigenvalue weighted by molar-refractivity contribution is 1.28. The fourth-order valence-corrected chi connectivity index (χ4v) is 6.45. The van der Waals surface area contributed by atoms with Crippen LogP contribution in [0.1, 0.15) is 5.56 Å². The summed E-state index contributed by atoms with van der Waals surface area (Å²) < 4.78 is 0. The Hall–Kier alpha value is -6.44. The largest absolute Gasteiger partial charge is 0.310 e. The maximum atomic E-state index is 4.12. The topological polar surface area (TPSA) is 3.24 Å². The highest BCUT2D eigenvalue weighted by molar-refractivity contribution is 5.92. The molecule has 49 heavy (non-hydrogen) atoms. The van der Waals surface area contributed by atoms with E-state index >= 15 is 0 Å². The van der Waals surface area contributed by atoms with Gasteiger partial charge in [-0.15, -0.1) is 0 Å².